The van der Waals surface area contributed by atoms with E-state index in [9.17, 15) is 4.79 Å². The quantitative estimate of drug-likeness (QED) is 0.596. The van der Waals surface area contributed by atoms with Crippen molar-refractivity contribution in [3.63, 3.8) is 0 Å². The molecule has 1 rings (SSSR count). The van der Waals surface area contributed by atoms with Crippen LogP contribution in [0.25, 0.3) is 0 Å². The number of aromatic nitrogens is 2. The number of carbonyl (C=O) groups is 1. The smallest absolute Gasteiger partial charge is 0.306 e. The third-order valence-corrected chi connectivity index (χ3v) is 3.18. The highest BCUT2D eigenvalue weighted by molar-refractivity contribution is 7.99. The highest BCUT2D eigenvalue weighted by atomic mass is 32.2. The molecule has 0 aliphatic heterocycles. The van der Waals surface area contributed by atoms with Crippen molar-refractivity contribution < 1.29 is 9.53 Å². The summed E-state index contributed by atoms with van der Waals surface area (Å²) in [6.07, 6.45) is 2.12. The molecule has 0 aliphatic carbocycles. The van der Waals surface area contributed by atoms with Crippen molar-refractivity contribution in [1.29, 1.82) is 0 Å². The van der Waals surface area contributed by atoms with E-state index in [1.807, 2.05) is 20.8 Å². The second-order valence-electron chi connectivity index (χ2n) is 3.59. The summed E-state index contributed by atoms with van der Waals surface area (Å²) in [6.45, 7) is 5.82. The molecule has 0 aromatic carbocycles. The largest absolute Gasteiger partial charge is 0.469 e. The van der Waals surface area contributed by atoms with Gasteiger partial charge in [0.25, 0.3) is 0 Å². The summed E-state index contributed by atoms with van der Waals surface area (Å²) in [5.74, 6) is -0.197. The highest BCUT2D eigenvalue weighted by Gasteiger charge is 2.12. The Bertz CT molecular complexity index is 382. The molecule has 16 heavy (non-hydrogen) atoms. The first kappa shape index (κ1) is 13.0. The van der Waals surface area contributed by atoms with Gasteiger partial charge in [-0.05, 0) is 13.8 Å². The molecule has 0 amide bonds. The summed E-state index contributed by atoms with van der Waals surface area (Å²) in [7, 11) is 1.40. The fourth-order valence-corrected chi connectivity index (χ4v) is 2.08. The van der Waals surface area contributed by atoms with Gasteiger partial charge in [0, 0.05) is 5.25 Å². The van der Waals surface area contributed by atoms with E-state index in [0.717, 1.165) is 16.4 Å². The molecule has 4 nitrogen and oxygen atoms in total. The van der Waals surface area contributed by atoms with E-state index >= 15 is 0 Å². The molecule has 0 saturated carbocycles. The number of hydrogen-bond acceptors (Lipinski definition) is 5. The Morgan fingerprint density at radius 3 is 2.75 bits per heavy atom. The first-order valence-corrected chi connectivity index (χ1v) is 5.94. The Morgan fingerprint density at radius 2 is 2.19 bits per heavy atom. The van der Waals surface area contributed by atoms with E-state index in [1.54, 1.807) is 6.20 Å². The lowest BCUT2D eigenvalue weighted by molar-refractivity contribution is -0.140. The summed E-state index contributed by atoms with van der Waals surface area (Å²) < 4.78 is 4.61. The van der Waals surface area contributed by atoms with Crippen LogP contribution in [0.2, 0.25) is 0 Å². The van der Waals surface area contributed by atoms with Gasteiger partial charge in [0.05, 0.1) is 31.1 Å². The van der Waals surface area contributed by atoms with Crippen LogP contribution >= 0.6 is 11.8 Å². The first-order valence-electron chi connectivity index (χ1n) is 5.06. The van der Waals surface area contributed by atoms with Crippen LogP contribution in [-0.2, 0) is 9.53 Å². The number of carbonyl (C=O) groups excluding carboxylic acids is 1. The Morgan fingerprint density at radius 1 is 1.50 bits per heavy atom. The molecule has 5 heteroatoms. The molecule has 0 spiro atoms. The molecule has 0 saturated heterocycles. The van der Waals surface area contributed by atoms with Crippen molar-refractivity contribution in [2.75, 3.05) is 7.11 Å². The van der Waals surface area contributed by atoms with Crippen LogP contribution in [0.3, 0.4) is 0 Å². The number of aryl methyl sites for hydroxylation is 2. The maximum Gasteiger partial charge on any atom is 0.306 e. The molecule has 0 N–H and O–H groups in total. The summed E-state index contributed by atoms with van der Waals surface area (Å²) in [5, 5.41) is 0.989. The molecule has 1 heterocycles. The molecule has 0 aliphatic rings. The van der Waals surface area contributed by atoms with Gasteiger partial charge in [-0.15, -0.1) is 11.8 Å². The highest BCUT2D eigenvalue weighted by Crippen LogP contribution is 2.23. The van der Waals surface area contributed by atoms with Gasteiger partial charge in [-0.3, -0.25) is 9.78 Å². The van der Waals surface area contributed by atoms with Crippen molar-refractivity contribution in [3.05, 3.63) is 17.6 Å². The van der Waals surface area contributed by atoms with E-state index in [1.165, 1.54) is 18.9 Å². The minimum absolute atomic E-state index is 0.142. The van der Waals surface area contributed by atoms with Crippen LogP contribution in [0.1, 0.15) is 24.7 Å². The predicted octanol–water partition coefficient (Wildman–Crippen LogP) is 2.14. The van der Waals surface area contributed by atoms with Gasteiger partial charge in [0.15, 0.2) is 0 Å². The zero-order chi connectivity index (χ0) is 12.1. The average Bonchev–Trinajstić information content (AvgIpc) is 2.23. The molecule has 0 radical (unpaired) electrons. The number of ether oxygens (including phenoxy) is 1. The number of thioether (sulfide) groups is 1. The number of rotatable bonds is 4. The van der Waals surface area contributed by atoms with Gasteiger partial charge in [-0.25, -0.2) is 4.98 Å². The fraction of sp³-hybridized carbons (Fsp3) is 0.545. The molecular formula is C11H16N2O2S. The zero-order valence-corrected chi connectivity index (χ0v) is 10.8. The lowest BCUT2D eigenvalue weighted by atomic mass is 10.3. The van der Waals surface area contributed by atoms with Gasteiger partial charge in [-0.2, -0.15) is 0 Å². The van der Waals surface area contributed by atoms with Crippen molar-refractivity contribution in [2.24, 2.45) is 0 Å². The van der Waals surface area contributed by atoms with Crippen LogP contribution in [-0.4, -0.2) is 28.3 Å². The number of esters is 1. The molecule has 88 valence electrons. The Balaban J connectivity index is 2.59. The molecule has 1 aromatic heterocycles. The Hall–Kier alpha value is -1.10. The van der Waals surface area contributed by atoms with Gasteiger partial charge in [0.2, 0.25) is 0 Å². The standard InChI is InChI=1S/C11H16N2O2S/c1-7(5-11(14)15-4)16-10-6-12-8(2)9(3)13-10/h6-7H,5H2,1-4H3. The summed E-state index contributed by atoms with van der Waals surface area (Å²) in [6, 6.07) is 0. The topological polar surface area (TPSA) is 52.1 Å². The predicted molar refractivity (Wildman–Crippen MR) is 63.5 cm³/mol. The Labute approximate surface area is 99.8 Å². The lowest BCUT2D eigenvalue weighted by Gasteiger charge is -2.09. The molecule has 0 bridgehead atoms. The van der Waals surface area contributed by atoms with E-state index in [0.29, 0.717) is 6.42 Å². The molecule has 0 fully saturated rings. The molecule has 1 atom stereocenters. The number of nitrogens with zero attached hydrogens (tertiary/aromatic N) is 2. The van der Waals surface area contributed by atoms with Gasteiger partial charge >= 0.3 is 5.97 Å². The molecule has 1 unspecified atom stereocenters. The second-order valence-corrected chi connectivity index (χ2v) is 5.05. The van der Waals surface area contributed by atoms with Crippen molar-refractivity contribution >= 4 is 17.7 Å². The van der Waals surface area contributed by atoms with E-state index < -0.39 is 0 Å². The maximum atomic E-state index is 11.1. The van der Waals surface area contributed by atoms with Crippen molar-refractivity contribution in [3.8, 4) is 0 Å². The van der Waals surface area contributed by atoms with Crippen LogP contribution in [0.5, 0.6) is 0 Å². The van der Waals surface area contributed by atoms with Crippen LogP contribution in [0.15, 0.2) is 11.2 Å². The van der Waals surface area contributed by atoms with E-state index in [2.05, 4.69) is 14.7 Å². The molecular weight excluding hydrogens is 224 g/mol. The lowest BCUT2D eigenvalue weighted by Crippen LogP contribution is -2.09. The van der Waals surface area contributed by atoms with Gasteiger partial charge in [0.1, 0.15) is 5.03 Å². The third kappa shape index (κ3) is 3.81. The SMILES string of the molecule is COC(=O)CC(C)Sc1cnc(C)c(C)n1. The van der Waals surface area contributed by atoms with Crippen molar-refractivity contribution in [2.45, 2.75) is 37.5 Å². The normalized spacial score (nSPS) is 12.2. The number of hydrogen-bond donors (Lipinski definition) is 0. The van der Waals surface area contributed by atoms with E-state index in [4.69, 9.17) is 0 Å². The minimum atomic E-state index is -0.197. The second kappa shape index (κ2) is 5.84. The summed E-state index contributed by atoms with van der Waals surface area (Å²) >= 11 is 1.54. The van der Waals surface area contributed by atoms with Crippen LogP contribution in [0, 0.1) is 13.8 Å². The van der Waals surface area contributed by atoms with Crippen LogP contribution in [0.4, 0.5) is 0 Å². The third-order valence-electron chi connectivity index (χ3n) is 2.17. The van der Waals surface area contributed by atoms with Crippen LogP contribution < -0.4 is 0 Å². The first-order chi connectivity index (χ1) is 7.52. The average molecular weight is 240 g/mol. The Kier molecular flexibility index (Phi) is 4.73. The molecule has 1 aromatic rings. The van der Waals surface area contributed by atoms with Crippen molar-refractivity contribution in [1.82, 2.24) is 9.97 Å². The summed E-state index contributed by atoms with van der Waals surface area (Å²) in [5.41, 5.74) is 1.86. The van der Waals surface area contributed by atoms with E-state index in [-0.39, 0.29) is 11.2 Å². The number of methoxy groups -OCH3 is 1. The van der Waals surface area contributed by atoms with Gasteiger partial charge in [-0.1, -0.05) is 6.92 Å². The summed E-state index contributed by atoms with van der Waals surface area (Å²) in [4.78, 5) is 19.7. The fourth-order valence-electron chi connectivity index (χ4n) is 1.14. The van der Waals surface area contributed by atoms with Gasteiger partial charge < -0.3 is 4.74 Å². The minimum Gasteiger partial charge on any atom is -0.469 e. The maximum absolute atomic E-state index is 11.1. The monoisotopic (exact) mass is 240 g/mol. The zero-order valence-electron chi connectivity index (χ0n) is 9.98.